The molecule has 0 aromatic carbocycles. The van der Waals surface area contributed by atoms with Crippen molar-refractivity contribution in [2.45, 2.75) is 31.7 Å². The predicted molar refractivity (Wildman–Crippen MR) is 90.5 cm³/mol. The largest absolute Gasteiger partial charge is 0.472 e. The number of carbonyl (C=O) groups excluding carboxylic acids is 1. The minimum absolute atomic E-state index is 0.00502. The summed E-state index contributed by atoms with van der Waals surface area (Å²) in [7, 11) is 3.61. The fraction of sp³-hybridized carbons (Fsp3) is 0.529. The van der Waals surface area contributed by atoms with Gasteiger partial charge in [0.1, 0.15) is 6.17 Å². The minimum atomic E-state index is -0.861. The molecule has 0 radical (unpaired) electrons. The number of halogens is 1. The number of nitrogens with zero attached hydrogens (tertiary/aromatic N) is 4. The van der Waals surface area contributed by atoms with Gasteiger partial charge < -0.3 is 14.6 Å². The molecule has 0 bridgehead atoms. The predicted octanol–water partition coefficient (Wildman–Crippen LogP) is 1.77. The molecule has 1 fully saturated rings. The summed E-state index contributed by atoms with van der Waals surface area (Å²) in [4.78, 5) is 15.9. The number of aryl methyl sites for hydroxylation is 1. The van der Waals surface area contributed by atoms with E-state index in [1.165, 1.54) is 0 Å². The first-order chi connectivity index (χ1) is 12.0. The van der Waals surface area contributed by atoms with E-state index < -0.39 is 6.17 Å². The summed E-state index contributed by atoms with van der Waals surface area (Å²) in [6.07, 6.45) is 4.49. The first-order valence-electron chi connectivity index (χ1n) is 8.38. The van der Waals surface area contributed by atoms with Crippen LogP contribution in [0, 0.1) is 0 Å². The third kappa shape index (κ3) is 4.39. The minimum Gasteiger partial charge on any atom is -0.472 e. The number of hydrogen-bond donors (Lipinski definition) is 1. The standard InChI is InChI=1S/C17H24FN5O2/c1-21(17(24)19-8-13-4-6-25-12-13)10-16-7-14(18)9-23(16)11-15-3-5-20-22(15)2/h3-6,12,14,16H,7-11H2,1-2H3,(H,19,24)/t14-,16-/m0/s1. The van der Waals surface area contributed by atoms with Crippen LogP contribution in [0.15, 0.2) is 35.3 Å². The lowest BCUT2D eigenvalue weighted by Crippen LogP contribution is -2.44. The Bertz CT molecular complexity index is 687. The van der Waals surface area contributed by atoms with Crippen LogP contribution < -0.4 is 5.32 Å². The Morgan fingerprint density at radius 2 is 2.36 bits per heavy atom. The second-order valence-electron chi connectivity index (χ2n) is 6.53. The number of amides is 2. The van der Waals surface area contributed by atoms with Crippen molar-refractivity contribution in [1.29, 1.82) is 0 Å². The molecule has 3 heterocycles. The molecule has 7 nitrogen and oxygen atoms in total. The van der Waals surface area contributed by atoms with Gasteiger partial charge in [-0.05, 0) is 18.6 Å². The zero-order chi connectivity index (χ0) is 17.8. The normalized spacial score (nSPS) is 20.8. The number of carbonyl (C=O) groups is 1. The maximum absolute atomic E-state index is 13.9. The van der Waals surface area contributed by atoms with Crippen molar-refractivity contribution in [3.63, 3.8) is 0 Å². The van der Waals surface area contributed by atoms with Crippen molar-refractivity contribution < 1.29 is 13.6 Å². The molecule has 25 heavy (non-hydrogen) atoms. The van der Waals surface area contributed by atoms with Gasteiger partial charge in [0.25, 0.3) is 0 Å². The molecule has 3 rings (SSSR count). The summed E-state index contributed by atoms with van der Waals surface area (Å²) < 4.78 is 20.7. The van der Waals surface area contributed by atoms with Gasteiger partial charge in [0.15, 0.2) is 0 Å². The van der Waals surface area contributed by atoms with Crippen LogP contribution in [-0.4, -0.2) is 58.0 Å². The van der Waals surface area contributed by atoms with Gasteiger partial charge in [-0.1, -0.05) is 0 Å². The number of likely N-dealkylation sites (tertiary alicyclic amines) is 1. The molecule has 1 N–H and O–H groups in total. The van der Waals surface area contributed by atoms with E-state index in [9.17, 15) is 9.18 Å². The summed E-state index contributed by atoms with van der Waals surface area (Å²) in [5.41, 5.74) is 1.94. The molecule has 0 spiro atoms. The van der Waals surface area contributed by atoms with Crippen LogP contribution in [0.2, 0.25) is 0 Å². The topological polar surface area (TPSA) is 66.5 Å². The van der Waals surface area contributed by atoms with Crippen molar-refractivity contribution in [3.05, 3.63) is 42.1 Å². The first-order valence-corrected chi connectivity index (χ1v) is 8.38. The summed E-state index contributed by atoms with van der Waals surface area (Å²) >= 11 is 0. The maximum Gasteiger partial charge on any atom is 0.317 e. The Labute approximate surface area is 146 Å². The Hall–Kier alpha value is -2.35. The van der Waals surface area contributed by atoms with Crippen molar-refractivity contribution in [2.24, 2.45) is 7.05 Å². The summed E-state index contributed by atoms with van der Waals surface area (Å²) in [6, 6.07) is 3.56. The quantitative estimate of drug-likeness (QED) is 0.863. The van der Waals surface area contributed by atoms with Crippen molar-refractivity contribution in [1.82, 2.24) is 24.9 Å². The lowest BCUT2D eigenvalue weighted by Gasteiger charge is -2.28. The van der Waals surface area contributed by atoms with Crippen LogP contribution >= 0.6 is 0 Å². The van der Waals surface area contributed by atoms with Gasteiger partial charge in [-0.2, -0.15) is 5.10 Å². The average Bonchev–Trinajstić information content (AvgIpc) is 3.29. The summed E-state index contributed by atoms with van der Waals surface area (Å²) in [6.45, 7) is 1.91. The van der Waals surface area contributed by atoms with Crippen LogP contribution in [-0.2, 0) is 20.1 Å². The molecule has 1 saturated heterocycles. The molecule has 2 atom stereocenters. The molecule has 8 heteroatoms. The van der Waals surface area contributed by atoms with Gasteiger partial charge >= 0.3 is 6.03 Å². The smallest absolute Gasteiger partial charge is 0.317 e. The van der Waals surface area contributed by atoms with E-state index in [1.807, 2.05) is 13.1 Å². The molecule has 2 aromatic rings. The van der Waals surface area contributed by atoms with Crippen molar-refractivity contribution >= 4 is 6.03 Å². The van der Waals surface area contributed by atoms with Crippen LogP contribution in [0.3, 0.4) is 0 Å². The lowest BCUT2D eigenvalue weighted by atomic mass is 10.2. The Morgan fingerprint density at radius 1 is 1.52 bits per heavy atom. The van der Waals surface area contributed by atoms with Gasteiger partial charge in [-0.3, -0.25) is 9.58 Å². The molecule has 1 aliphatic heterocycles. The molecule has 0 aliphatic carbocycles. The van der Waals surface area contributed by atoms with Crippen LogP contribution in [0.1, 0.15) is 17.7 Å². The Kier molecular flexibility index (Phi) is 5.37. The van der Waals surface area contributed by atoms with E-state index in [1.54, 1.807) is 41.4 Å². The maximum atomic E-state index is 13.9. The highest BCUT2D eigenvalue weighted by molar-refractivity contribution is 5.73. The fourth-order valence-electron chi connectivity index (χ4n) is 3.18. The van der Waals surface area contributed by atoms with E-state index >= 15 is 0 Å². The lowest BCUT2D eigenvalue weighted by molar-refractivity contribution is 0.172. The third-order valence-electron chi connectivity index (χ3n) is 4.62. The van der Waals surface area contributed by atoms with Gasteiger partial charge in [-0.25, -0.2) is 9.18 Å². The third-order valence-corrected chi connectivity index (χ3v) is 4.62. The van der Waals surface area contributed by atoms with E-state index in [2.05, 4.69) is 15.3 Å². The molecule has 0 saturated carbocycles. The number of furan rings is 1. The number of aromatic nitrogens is 2. The number of rotatable bonds is 6. The van der Waals surface area contributed by atoms with E-state index in [4.69, 9.17) is 4.42 Å². The summed E-state index contributed by atoms with van der Waals surface area (Å²) in [5, 5.41) is 6.99. The molecule has 1 aliphatic rings. The van der Waals surface area contributed by atoms with Gasteiger partial charge in [0.2, 0.25) is 0 Å². The molecule has 2 amide bonds. The van der Waals surface area contributed by atoms with Crippen molar-refractivity contribution in [2.75, 3.05) is 20.1 Å². The average molecular weight is 349 g/mol. The number of nitrogens with one attached hydrogen (secondary N) is 1. The van der Waals surface area contributed by atoms with Gasteiger partial charge in [0.05, 0.1) is 18.2 Å². The Balaban J connectivity index is 1.53. The fourth-order valence-corrected chi connectivity index (χ4v) is 3.18. The van der Waals surface area contributed by atoms with E-state index in [0.717, 1.165) is 11.3 Å². The highest BCUT2D eigenvalue weighted by Gasteiger charge is 2.33. The Morgan fingerprint density at radius 3 is 3.04 bits per heavy atom. The van der Waals surface area contributed by atoms with Crippen LogP contribution in [0.25, 0.3) is 0 Å². The second-order valence-corrected chi connectivity index (χ2v) is 6.53. The highest BCUT2D eigenvalue weighted by Crippen LogP contribution is 2.23. The van der Waals surface area contributed by atoms with E-state index in [-0.39, 0.29) is 12.1 Å². The molecule has 136 valence electrons. The number of likely N-dealkylation sites (N-methyl/N-ethyl adjacent to an activating group) is 1. The van der Waals surface area contributed by atoms with Gasteiger partial charge in [0, 0.05) is 58.1 Å². The molecular formula is C17H24FN5O2. The number of urea groups is 1. The monoisotopic (exact) mass is 349 g/mol. The number of alkyl halides is 1. The molecular weight excluding hydrogens is 325 g/mol. The van der Waals surface area contributed by atoms with E-state index in [0.29, 0.717) is 32.6 Å². The SMILES string of the molecule is CN(C[C@@H]1C[C@H](F)CN1Cc1ccnn1C)C(=O)NCc1ccoc1. The summed E-state index contributed by atoms with van der Waals surface area (Å²) in [5.74, 6) is 0. The van der Waals surface area contributed by atoms with Crippen LogP contribution in [0.5, 0.6) is 0 Å². The number of hydrogen-bond acceptors (Lipinski definition) is 4. The molecule has 0 unspecified atom stereocenters. The molecule has 2 aromatic heterocycles. The van der Waals surface area contributed by atoms with Crippen molar-refractivity contribution in [3.8, 4) is 0 Å². The second kappa shape index (κ2) is 7.69. The zero-order valence-electron chi connectivity index (χ0n) is 14.6. The highest BCUT2D eigenvalue weighted by atomic mass is 19.1. The van der Waals surface area contributed by atoms with Crippen LogP contribution in [0.4, 0.5) is 9.18 Å². The van der Waals surface area contributed by atoms with Gasteiger partial charge in [-0.15, -0.1) is 0 Å². The first kappa shape index (κ1) is 17.5. The zero-order valence-corrected chi connectivity index (χ0v) is 14.6.